The van der Waals surface area contributed by atoms with Crippen LogP contribution in [0.5, 0.6) is 0 Å². The van der Waals surface area contributed by atoms with Crippen LogP contribution in [0.2, 0.25) is 0 Å². The molecule has 0 bridgehead atoms. The van der Waals surface area contributed by atoms with E-state index in [2.05, 4.69) is 24.1 Å². The topological polar surface area (TPSA) is 58.4 Å². The van der Waals surface area contributed by atoms with Gasteiger partial charge in [0.05, 0.1) is 0 Å². The zero-order chi connectivity index (χ0) is 14.1. The van der Waals surface area contributed by atoms with E-state index in [-0.39, 0.29) is 5.91 Å². The average Bonchev–Trinajstić information content (AvgIpc) is 2.38. The van der Waals surface area contributed by atoms with Crippen molar-refractivity contribution in [1.82, 2.24) is 10.2 Å². The summed E-state index contributed by atoms with van der Waals surface area (Å²) in [6.45, 7) is 9.11. The first-order chi connectivity index (χ1) is 9.11. The highest BCUT2D eigenvalue weighted by Crippen LogP contribution is 2.14. The minimum absolute atomic E-state index is 0.160. The lowest BCUT2D eigenvalue weighted by Crippen LogP contribution is -2.38. The summed E-state index contributed by atoms with van der Waals surface area (Å²) in [6.07, 6.45) is 5.58. The lowest BCUT2D eigenvalue weighted by atomic mass is 9.94. The van der Waals surface area contributed by atoms with Gasteiger partial charge in [-0.3, -0.25) is 4.79 Å². The lowest BCUT2D eigenvalue weighted by molar-refractivity contribution is -0.122. The summed E-state index contributed by atoms with van der Waals surface area (Å²) in [5.41, 5.74) is 5.73. The van der Waals surface area contributed by atoms with E-state index in [9.17, 15) is 4.79 Å². The Morgan fingerprint density at radius 3 is 2.53 bits per heavy atom. The molecule has 19 heavy (non-hydrogen) atoms. The molecule has 0 aliphatic carbocycles. The van der Waals surface area contributed by atoms with Crippen molar-refractivity contribution in [2.75, 3.05) is 32.7 Å². The standard InChI is InChI=1S/C15H31N3O/c1-13(2)10-14(12-16)11-15(19)17-6-9-18-7-4-3-5-8-18/h13-14H,3-12,16H2,1-2H3,(H,17,19)/t14-/m0/s1. The molecule has 1 aliphatic heterocycles. The summed E-state index contributed by atoms with van der Waals surface area (Å²) in [4.78, 5) is 14.3. The number of carbonyl (C=O) groups excluding carboxylic acids is 1. The smallest absolute Gasteiger partial charge is 0.220 e. The molecule has 0 aromatic rings. The molecule has 0 aromatic heterocycles. The summed E-state index contributed by atoms with van der Waals surface area (Å²) in [7, 11) is 0. The fourth-order valence-electron chi connectivity index (χ4n) is 2.80. The van der Waals surface area contributed by atoms with Gasteiger partial charge in [0.1, 0.15) is 0 Å². The first kappa shape index (κ1) is 16.4. The third kappa shape index (κ3) is 7.53. The second-order valence-electron chi connectivity index (χ2n) is 6.19. The van der Waals surface area contributed by atoms with Crippen molar-refractivity contribution in [3.8, 4) is 0 Å². The molecule has 0 radical (unpaired) electrons. The third-order valence-corrected chi connectivity index (χ3v) is 3.81. The molecule has 1 fully saturated rings. The quantitative estimate of drug-likeness (QED) is 0.703. The van der Waals surface area contributed by atoms with Gasteiger partial charge in [-0.15, -0.1) is 0 Å². The van der Waals surface area contributed by atoms with E-state index < -0.39 is 0 Å². The van der Waals surface area contributed by atoms with Crippen LogP contribution in [0.25, 0.3) is 0 Å². The summed E-state index contributed by atoms with van der Waals surface area (Å²) >= 11 is 0. The maximum atomic E-state index is 11.9. The van der Waals surface area contributed by atoms with Crippen LogP contribution in [0, 0.1) is 11.8 Å². The maximum Gasteiger partial charge on any atom is 0.220 e. The van der Waals surface area contributed by atoms with Crippen LogP contribution in [-0.2, 0) is 4.79 Å². The molecule has 112 valence electrons. The molecule has 1 aliphatic rings. The van der Waals surface area contributed by atoms with Gasteiger partial charge in [0.25, 0.3) is 0 Å². The molecular formula is C15H31N3O. The first-order valence-corrected chi connectivity index (χ1v) is 7.81. The number of rotatable bonds is 8. The van der Waals surface area contributed by atoms with Crippen LogP contribution >= 0.6 is 0 Å². The van der Waals surface area contributed by atoms with Crippen LogP contribution in [-0.4, -0.2) is 43.5 Å². The number of likely N-dealkylation sites (tertiary alicyclic amines) is 1. The first-order valence-electron chi connectivity index (χ1n) is 7.81. The fraction of sp³-hybridized carbons (Fsp3) is 0.933. The molecule has 1 amide bonds. The minimum atomic E-state index is 0.160. The molecular weight excluding hydrogens is 238 g/mol. The van der Waals surface area contributed by atoms with E-state index in [1.165, 1.54) is 32.4 Å². The van der Waals surface area contributed by atoms with Gasteiger partial charge < -0.3 is 16.0 Å². The van der Waals surface area contributed by atoms with Gasteiger partial charge in [-0.25, -0.2) is 0 Å². The second kappa shape index (κ2) is 9.32. The Bertz CT molecular complexity index is 250. The van der Waals surface area contributed by atoms with Gasteiger partial charge in [0, 0.05) is 19.5 Å². The van der Waals surface area contributed by atoms with Crippen LogP contribution < -0.4 is 11.1 Å². The largest absolute Gasteiger partial charge is 0.355 e. The van der Waals surface area contributed by atoms with E-state index in [4.69, 9.17) is 5.73 Å². The molecule has 1 saturated heterocycles. The lowest BCUT2D eigenvalue weighted by Gasteiger charge is -2.26. The van der Waals surface area contributed by atoms with Crippen LogP contribution in [0.15, 0.2) is 0 Å². The number of nitrogens with two attached hydrogens (primary N) is 1. The van der Waals surface area contributed by atoms with Crippen LogP contribution in [0.1, 0.15) is 46.0 Å². The minimum Gasteiger partial charge on any atom is -0.355 e. The van der Waals surface area contributed by atoms with Crippen molar-refractivity contribution in [2.24, 2.45) is 17.6 Å². The maximum absolute atomic E-state index is 11.9. The molecule has 0 aromatic carbocycles. The van der Waals surface area contributed by atoms with Crippen molar-refractivity contribution in [3.63, 3.8) is 0 Å². The predicted octanol–water partition coefficient (Wildman–Crippen LogP) is 1.60. The summed E-state index contributed by atoms with van der Waals surface area (Å²) < 4.78 is 0. The highest BCUT2D eigenvalue weighted by Gasteiger charge is 2.14. The fourth-order valence-corrected chi connectivity index (χ4v) is 2.80. The highest BCUT2D eigenvalue weighted by atomic mass is 16.1. The van der Waals surface area contributed by atoms with Gasteiger partial charge in [-0.2, -0.15) is 0 Å². The number of hydrogen-bond donors (Lipinski definition) is 2. The van der Waals surface area contributed by atoms with Gasteiger partial charge in [-0.05, 0) is 50.7 Å². The number of piperidine rings is 1. The Morgan fingerprint density at radius 2 is 1.95 bits per heavy atom. The monoisotopic (exact) mass is 269 g/mol. The van der Waals surface area contributed by atoms with E-state index in [1.54, 1.807) is 0 Å². The summed E-state index contributed by atoms with van der Waals surface area (Å²) in [5.74, 6) is 1.10. The van der Waals surface area contributed by atoms with Crippen molar-refractivity contribution < 1.29 is 4.79 Å². The van der Waals surface area contributed by atoms with Gasteiger partial charge in [0.2, 0.25) is 5.91 Å². The Morgan fingerprint density at radius 1 is 1.26 bits per heavy atom. The Hall–Kier alpha value is -0.610. The summed E-state index contributed by atoms with van der Waals surface area (Å²) in [6, 6.07) is 0. The van der Waals surface area contributed by atoms with Crippen molar-refractivity contribution in [1.29, 1.82) is 0 Å². The number of nitrogens with one attached hydrogen (secondary N) is 1. The predicted molar refractivity (Wildman–Crippen MR) is 79.9 cm³/mol. The number of amides is 1. The summed E-state index contributed by atoms with van der Waals surface area (Å²) in [5, 5.41) is 3.03. The van der Waals surface area contributed by atoms with E-state index in [0.29, 0.717) is 24.8 Å². The van der Waals surface area contributed by atoms with E-state index in [0.717, 1.165) is 19.5 Å². The number of carbonyl (C=O) groups is 1. The van der Waals surface area contributed by atoms with Crippen LogP contribution in [0.4, 0.5) is 0 Å². The van der Waals surface area contributed by atoms with Gasteiger partial charge in [0.15, 0.2) is 0 Å². The normalized spacial score (nSPS) is 18.5. The Kier molecular flexibility index (Phi) is 8.07. The third-order valence-electron chi connectivity index (χ3n) is 3.81. The van der Waals surface area contributed by atoms with E-state index in [1.807, 2.05) is 0 Å². The van der Waals surface area contributed by atoms with Crippen molar-refractivity contribution >= 4 is 5.91 Å². The van der Waals surface area contributed by atoms with Gasteiger partial charge >= 0.3 is 0 Å². The zero-order valence-corrected chi connectivity index (χ0v) is 12.7. The molecule has 4 heteroatoms. The SMILES string of the molecule is CC(C)C[C@H](CN)CC(=O)NCCN1CCCCC1. The van der Waals surface area contributed by atoms with E-state index >= 15 is 0 Å². The Balaban J connectivity index is 2.12. The zero-order valence-electron chi connectivity index (χ0n) is 12.7. The number of hydrogen-bond acceptors (Lipinski definition) is 3. The molecule has 3 N–H and O–H groups in total. The number of nitrogens with zero attached hydrogens (tertiary/aromatic N) is 1. The molecule has 1 heterocycles. The molecule has 1 atom stereocenters. The van der Waals surface area contributed by atoms with Gasteiger partial charge in [-0.1, -0.05) is 20.3 Å². The molecule has 0 unspecified atom stereocenters. The van der Waals surface area contributed by atoms with Crippen LogP contribution in [0.3, 0.4) is 0 Å². The molecule has 1 rings (SSSR count). The average molecular weight is 269 g/mol. The Labute approximate surface area is 118 Å². The molecule has 0 spiro atoms. The highest BCUT2D eigenvalue weighted by molar-refractivity contribution is 5.76. The van der Waals surface area contributed by atoms with Crippen molar-refractivity contribution in [2.45, 2.75) is 46.0 Å². The van der Waals surface area contributed by atoms with Crippen molar-refractivity contribution in [3.05, 3.63) is 0 Å². The molecule has 4 nitrogen and oxygen atoms in total. The molecule has 0 saturated carbocycles. The second-order valence-corrected chi connectivity index (χ2v) is 6.19.